The number of hydrogen-bond acceptors (Lipinski definition) is 4. The van der Waals surface area contributed by atoms with Gasteiger partial charge in [-0.1, -0.05) is 48.5 Å². The van der Waals surface area contributed by atoms with Crippen LogP contribution in [0.2, 0.25) is 0 Å². The molecule has 1 unspecified atom stereocenters. The first-order valence-corrected chi connectivity index (χ1v) is 9.48. The summed E-state index contributed by atoms with van der Waals surface area (Å²) in [6.45, 7) is 0. The van der Waals surface area contributed by atoms with E-state index in [1.54, 1.807) is 24.8 Å². The van der Waals surface area contributed by atoms with E-state index in [0.717, 1.165) is 19.3 Å². The van der Waals surface area contributed by atoms with Gasteiger partial charge in [0.25, 0.3) is 0 Å². The molecule has 0 aliphatic heterocycles. The van der Waals surface area contributed by atoms with Crippen LogP contribution in [0.4, 0.5) is 0 Å². The molecule has 0 saturated heterocycles. The molecule has 1 aromatic heterocycles. The van der Waals surface area contributed by atoms with Gasteiger partial charge in [0.2, 0.25) is 0 Å². The minimum Gasteiger partial charge on any atom is -0.469 e. The number of benzene rings is 3. The molecule has 0 saturated carbocycles. The Balaban J connectivity index is 0.000000275. The fourth-order valence-corrected chi connectivity index (χ4v) is 3.99. The number of carbonyl (C=O) groups excluding carboxylic acids is 1. The zero-order chi connectivity index (χ0) is 19.3. The van der Waals surface area contributed by atoms with E-state index in [0.29, 0.717) is 0 Å². The summed E-state index contributed by atoms with van der Waals surface area (Å²) in [5.74, 6) is -0.0698. The smallest absolute Gasteiger partial charge is 0.309 e. The van der Waals surface area contributed by atoms with E-state index in [4.69, 9.17) is 4.74 Å². The van der Waals surface area contributed by atoms with E-state index in [-0.39, 0.29) is 11.9 Å². The maximum absolute atomic E-state index is 11.8. The van der Waals surface area contributed by atoms with Crippen LogP contribution in [0.15, 0.2) is 73.3 Å². The van der Waals surface area contributed by atoms with Gasteiger partial charge in [0.05, 0.1) is 13.0 Å². The highest BCUT2D eigenvalue weighted by atomic mass is 16.5. The Labute approximate surface area is 164 Å². The topological polar surface area (TPSA) is 52.1 Å². The summed E-state index contributed by atoms with van der Waals surface area (Å²) in [6.07, 6.45) is 9.18. The van der Waals surface area contributed by atoms with Crippen LogP contribution < -0.4 is 0 Å². The molecular formula is C24H22N2O2. The number of carbonyl (C=O) groups is 1. The molecule has 0 radical (unpaired) electrons. The summed E-state index contributed by atoms with van der Waals surface area (Å²) in [5.41, 5.74) is 2.70. The predicted molar refractivity (Wildman–Crippen MR) is 111 cm³/mol. The summed E-state index contributed by atoms with van der Waals surface area (Å²) in [4.78, 5) is 19.2. The summed E-state index contributed by atoms with van der Waals surface area (Å²) in [6, 6.07) is 17.3. The van der Waals surface area contributed by atoms with E-state index >= 15 is 0 Å². The van der Waals surface area contributed by atoms with Crippen LogP contribution >= 0.6 is 0 Å². The van der Waals surface area contributed by atoms with Gasteiger partial charge in [-0.3, -0.25) is 14.8 Å². The third-order valence-corrected chi connectivity index (χ3v) is 5.36. The minimum atomic E-state index is -0.0794. The first-order valence-electron chi connectivity index (χ1n) is 9.48. The molecule has 5 rings (SSSR count). The Hall–Kier alpha value is -3.27. The lowest BCUT2D eigenvalue weighted by molar-refractivity contribution is -0.145. The number of methoxy groups -OCH3 is 1. The molecule has 0 spiro atoms. The molecule has 0 bridgehead atoms. The molecular weight excluding hydrogens is 348 g/mol. The van der Waals surface area contributed by atoms with Crippen molar-refractivity contribution in [3.8, 4) is 0 Å². The van der Waals surface area contributed by atoms with E-state index in [9.17, 15) is 4.79 Å². The van der Waals surface area contributed by atoms with Crippen molar-refractivity contribution in [3.05, 3.63) is 84.4 Å². The molecule has 4 nitrogen and oxygen atoms in total. The van der Waals surface area contributed by atoms with Crippen LogP contribution in [-0.4, -0.2) is 23.0 Å². The molecule has 4 heteroatoms. The van der Waals surface area contributed by atoms with Crippen LogP contribution in [0.5, 0.6) is 0 Å². The summed E-state index contributed by atoms with van der Waals surface area (Å²) in [5, 5.41) is 5.23. The van der Waals surface area contributed by atoms with Gasteiger partial charge in [0, 0.05) is 24.8 Å². The van der Waals surface area contributed by atoms with Gasteiger partial charge >= 0.3 is 5.97 Å². The standard InChI is InChI=1S/C20H18O2.C4H4N2/c1-22-20(21)15-8-9-17-14(12-15)7-11-18-16-5-3-2-4-13(16)6-10-19(17)18;1-2-6-4-3-5-1/h2-7,10-11,15H,8-9,12H2,1H3;1-4H. The molecule has 4 aromatic rings. The number of nitrogens with zero attached hydrogens (tertiary/aromatic N) is 2. The van der Waals surface area contributed by atoms with Gasteiger partial charge in [-0.25, -0.2) is 0 Å². The lowest BCUT2D eigenvalue weighted by Crippen LogP contribution is -2.23. The van der Waals surface area contributed by atoms with E-state index in [2.05, 4.69) is 58.5 Å². The van der Waals surface area contributed by atoms with Crippen LogP contribution in [0.3, 0.4) is 0 Å². The van der Waals surface area contributed by atoms with Gasteiger partial charge in [-0.05, 0) is 51.9 Å². The van der Waals surface area contributed by atoms with E-state index in [1.807, 2.05) is 0 Å². The minimum absolute atomic E-state index is 0.00964. The molecule has 1 aliphatic rings. The Morgan fingerprint density at radius 2 is 1.61 bits per heavy atom. The van der Waals surface area contributed by atoms with Crippen LogP contribution in [0.25, 0.3) is 21.5 Å². The molecule has 1 atom stereocenters. The van der Waals surface area contributed by atoms with Gasteiger partial charge < -0.3 is 4.74 Å². The average Bonchev–Trinajstić information content (AvgIpc) is 2.79. The Morgan fingerprint density at radius 3 is 2.32 bits per heavy atom. The Morgan fingerprint density at radius 1 is 0.893 bits per heavy atom. The fraction of sp³-hybridized carbons (Fsp3) is 0.208. The first kappa shape index (κ1) is 18.1. The predicted octanol–water partition coefficient (Wildman–Crippen LogP) is 4.75. The van der Waals surface area contributed by atoms with Gasteiger partial charge in [0.1, 0.15) is 0 Å². The number of aromatic nitrogens is 2. The number of esters is 1. The number of ether oxygens (including phenoxy) is 1. The Kier molecular flexibility index (Phi) is 5.29. The van der Waals surface area contributed by atoms with Crippen molar-refractivity contribution < 1.29 is 9.53 Å². The zero-order valence-electron chi connectivity index (χ0n) is 15.8. The third kappa shape index (κ3) is 3.58. The van der Waals surface area contributed by atoms with Crippen LogP contribution in [0, 0.1) is 5.92 Å². The quantitative estimate of drug-likeness (QED) is 0.358. The molecule has 3 aromatic carbocycles. The largest absolute Gasteiger partial charge is 0.469 e. The zero-order valence-corrected chi connectivity index (χ0v) is 15.8. The number of fused-ring (bicyclic) bond motifs is 5. The highest BCUT2D eigenvalue weighted by molar-refractivity contribution is 6.08. The highest BCUT2D eigenvalue weighted by Crippen LogP contribution is 2.35. The summed E-state index contributed by atoms with van der Waals surface area (Å²) >= 11 is 0. The molecule has 1 heterocycles. The van der Waals surface area contributed by atoms with Crippen molar-refractivity contribution in [2.75, 3.05) is 7.11 Å². The normalized spacial score (nSPS) is 15.4. The van der Waals surface area contributed by atoms with Crippen molar-refractivity contribution in [2.45, 2.75) is 19.3 Å². The fourth-order valence-electron chi connectivity index (χ4n) is 3.99. The van der Waals surface area contributed by atoms with Gasteiger partial charge in [0.15, 0.2) is 0 Å². The lowest BCUT2D eigenvalue weighted by Gasteiger charge is -2.24. The molecule has 1 aliphatic carbocycles. The van der Waals surface area contributed by atoms with Crippen molar-refractivity contribution in [1.29, 1.82) is 0 Å². The van der Waals surface area contributed by atoms with Gasteiger partial charge in [-0.15, -0.1) is 0 Å². The average molecular weight is 370 g/mol. The van der Waals surface area contributed by atoms with Gasteiger partial charge in [-0.2, -0.15) is 0 Å². The van der Waals surface area contributed by atoms with Crippen LogP contribution in [0.1, 0.15) is 17.5 Å². The third-order valence-electron chi connectivity index (χ3n) is 5.36. The monoisotopic (exact) mass is 370 g/mol. The van der Waals surface area contributed by atoms with Crippen molar-refractivity contribution in [2.24, 2.45) is 5.92 Å². The van der Waals surface area contributed by atoms with Crippen molar-refractivity contribution in [3.63, 3.8) is 0 Å². The molecule has 0 amide bonds. The molecule has 0 fully saturated rings. The number of rotatable bonds is 1. The lowest BCUT2D eigenvalue weighted by atomic mass is 9.81. The maximum Gasteiger partial charge on any atom is 0.309 e. The van der Waals surface area contributed by atoms with Crippen LogP contribution in [-0.2, 0) is 22.4 Å². The van der Waals surface area contributed by atoms with Crippen molar-refractivity contribution >= 4 is 27.5 Å². The second-order valence-corrected chi connectivity index (χ2v) is 6.94. The SMILES string of the molecule is COC(=O)C1CCc2c(ccc3c2ccc2ccccc23)C1.c1cnccn1. The molecule has 140 valence electrons. The highest BCUT2D eigenvalue weighted by Gasteiger charge is 2.26. The Bertz CT molecular complexity index is 1080. The second-order valence-electron chi connectivity index (χ2n) is 6.94. The number of hydrogen-bond donors (Lipinski definition) is 0. The first-order chi connectivity index (χ1) is 13.8. The summed E-state index contributed by atoms with van der Waals surface area (Å²) in [7, 11) is 1.48. The van der Waals surface area contributed by atoms with Crippen molar-refractivity contribution in [1.82, 2.24) is 9.97 Å². The number of aryl methyl sites for hydroxylation is 1. The van der Waals surface area contributed by atoms with E-state index in [1.165, 1.54) is 39.8 Å². The second kappa shape index (κ2) is 8.17. The molecule has 0 N–H and O–H groups in total. The molecule has 28 heavy (non-hydrogen) atoms. The van der Waals surface area contributed by atoms with E-state index < -0.39 is 0 Å². The maximum atomic E-state index is 11.8. The summed E-state index contributed by atoms with van der Waals surface area (Å²) < 4.78 is 4.91.